The first-order chi connectivity index (χ1) is 16.3. The van der Waals surface area contributed by atoms with Crippen molar-refractivity contribution in [3.05, 3.63) is 64.6 Å². The second kappa shape index (κ2) is 10.5. The van der Waals surface area contributed by atoms with Crippen LogP contribution in [-0.4, -0.2) is 48.8 Å². The van der Waals surface area contributed by atoms with Gasteiger partial charge >= 0.3 is 6.18 Å². The number of halogens is 3. The Labute approximate surface area is 201 Å². The van der Waals surface area contributed by atoms with Crippen LogP contribution < -0.4 is 9.64 Å². The number of piperazine rings is 1. The first kappa shape index (κ1) is 24.2. The maximum absolute atomic E-state index is 13.0. The summed E-state index contributed by atoms with van der Waals surface area (Å²) in [5.41, 5.74) is 0.731. The molecule has 0 spiro atoms. The molecule has 0 saturated carbocycles. The van der Waals surface area contributed by atoms with Crippen LogP contribution in [0.1, 0.15) is 30.9 Å². The molecule has 2 aliphatic rings. The zero-order valence-corrected chi connectivity index (χ0v) is 19.7. The van der Waals surface area contributed by atoms with Gasteiger partial charge < -0.3 is 14.5 Å². The van der Waals surface area contributed by atoms with Crippen molar-refractivity contribution in [2.45, 2.75) is 25.9 Å². The van der Waals surface area contributed by atoms with Gasteiger partial charge in [0, 0.05) is 37.4 Å². The number of anilines is 1. The summed E-state index contributed by atoms with van der Waals surface area (Å²) in [4.78, 5) is 21.3. The zero-order chi connectivity index (χ0) is 24.1. The highest BCUT2D eigenvalue weighted by molar-refractivity contribution is 8.18. The Balaban J connectivity index is 1.39. The molecule has 0 bridgehead atoms. The van der Waals surface area contributed by atoms with E-state index in [1.807, 2.05) is 40.1 Å². The number of hydrogen-bond acceptors (Lipinski definition) is 5. The lowest BCUT2D eigenvalue weighted by molar-refractivity contribution is -0.137. The molecule has 4 rings (SSSR count). The number of unbranched alkanes of at least 4 members (excludes halogenated alkanes) is 1. The number of benzene rings is 2. The van der Waals surface area contributed by atoms with E-state index < -0.39 is 11.7 Å². The molecule has 0 aromatic heterocycles. The fraction of sp³-hybridized carbons (Fsp3) is 0.360. The lowest BCUT2D eigenvalue weighted by Crippen LogP contribution is -2.47. The molecule has 34 heavy (non-hydrogen) atoms. The molecule has 0 aliphatic carbocycles. The molecule has 1 saturated heterocycles. The average molecular weight is 490 g/mol. The smallest absolute Gasteiger partial charge is 0.416 e. The minimum atomic E-state index is -4.37. The number of carbonyl (C=O) groups excluding carboxylic acids is 1. The van der Waals surface area contributed by atoms with Crippen LogP contribution in [0.2, 0.25) is 0 Å². The van der Waals surface area contributed by atoms with E-state index in [-0.39, 0.29) is 5.91 Å². The van der Waals surface area contributed by atoms with Gasteiger partial charge in [0.05, 0.1) is 17.1 Å². The summed E-state index contributed by atoms with van der Waals surface area (Å²) >= 11 is 1.32. The van der Waals surface area contributed by atoms with E-state index in [9.17, 15) is 18.0 Å². The molecular weight excluding hydrogens is 463 g/mol. The van der Waals surface area contributed by atoms with Crippen LogP contribution in [0, 0.1) is 0 Å². The summed E-state index contributed by atoms with van der Waals surface area (Å²) in [6.07, 6.45) is -0.562. The van der Waals surface area contributed by atoms with E-state index >= 15 is 0 Å². The van der Waals surface area contributed by atoms with Gasteiger partial charge in [-0.05, 0) is 48.5 Å². The van der Waals surface area contributed by atoms with Crippen LogP contribution >= 0.6 is 11.8 Å². The zero-order valence-electron chi connectivity index (χ0n) is 18.8. The Hall–Kier alpha value is -2.94. The lowest BCUT2D eigenvalue weighted by atomic mass is 10.1. The van der Waals surface area contributed by atoms with Crippen LogP contribution in [-0.2, 0) is 11.0 Å². The number of nitrogens with zero attached hydrogens (tertiary/aromatic N) is 3. The molecule has 9 heteroatoms. The van der Waals surface area contributed by atoms with Crippen LogP contribution in [0.3, 0.4) is 0 Å². The average Bonchev–Trinajstić information content (AvgIpc) is 3.20. The van der Waals surface area contributed by atoms with Gasteiger partial charge in [-0.2, -0.15) is 18.2 Å². The fourth-order valence-corrected chi connectivity index (χ4v) is 4.72. The molecule has 1 fully saturated rings. The summed E-state index contributed by atoms with van der Waals surface area (Å²) in [6.45, 7) is 4.95. The van der Waals surface area contributed by atoms with E-state index in [0.717, 1.165) is 30.2 Å². The van der Waals surface area contributed by atoms with Crippen molar-refractivity contribution in [1.29, 1.82) is 0 Å². The van der Waals surface area contributed by atoms with Crippen molar-refractivity contribution in [1.82, 2.24) is 4.90 Å². The van der Waals surface area contributed by atoms with Gasteiger partial charge in [0.2, 0.25) is 0 Å². The second-order valence-electron chi connectivity index (χ2n) is 8.07. The number of para-hydroxylation sites is 1. The molecule has 0 unspecified atom stereocenters. The van der Waals surface area contributed by atoms with E-state index in [0.29, 0.717) is 48.5 Å². The molecule has 0 N–H and O–H groups in total. The van der Waals surface area contributed by atoms with E-state index in [1.54, 1.807) is 6.07 Å². The molecule has 2 aromatic carbocycles. The summed E-state index contributed by atoms with van der Waals surface area (Å²) in [7, 11) is 0. The van der Waals surface area contributed by atoms with Gasteiger partial charge in [-0.3, -0.25) is 4.79 Å². The Kier molecular flexibility index (Phi) is 7.50. The second-order valence-corrected chi connectivity index (χ2v) is 9.08. The first-order valence-corrected chi connectivity index (χ1v) is 12.1. The van der Waals surface area contributed by atoms with Crippen LogP contribution in [0.4, 0.5) is 18.9 Å². The predicted molar refractivity (Wildman–Crippen MR) is 130 cm³/mol. The molecule has 0 atom stereocenters. The van der Waals surface area contributed by atoms with Crippen molar-refractivity contribution in [3.8, 4) is 5.75 Å². The van der Waals surface area contributed by atoms with E-state index in [1.165, 1.54) is 23.9 Å². The maximum Gasteiger partial charge on any atom is 0.416 e. The number of amidine groups is 1. The molecule has 2 aliphatic heterocycles. The minimum Gasteiger partial charge on any atom is -0.493 e. The largest absolute Gasteiger partial charge is 0.493 e. The van der Waals surface area contributed by atoms with Gasteiger partial charge in [0.15, 0.2) is 5.17 Å². The fourth-order valence-electron chi connectivity index (χ4n) is 3.77. The van der Waals surface area contributed by atoms with E-state index in [4.69, 9.17) is 4.74 Å². The summed E-state index contributed by atoms with van der Waals surface area (Å²) in [5, 5.41) is 0.629. The van der Waals surface area contributed by atoms with E-state index in [2.05, 4.69) is 11.9 Å². The number of thioether (sulfide) groups is 1. The van der Waals surface area contributed by atoms with Crippen molar-refractivity contribution in [2.24, 2.45) is 4.99 Å². The van der Waals surface area contributed by atoms with Crippen molar-refractivity contribution >= 4 is 34.6 Å². The number of rotatable bonds is 6. The van der Waals surface area contributed by atoms with Crippen molar-refractivity contribution in [3.63, 3.8) is 0 Å². The molecule has 5 nitrogen and oxygen atoms in total. The highest BCUT2D eigenvalue weighted by Crippen LogP contribution is 2.34. The number of carbonyl (C=O) groups is 1. The first-order valence-electron chi connectivity index (χ1n) is 11.3. The normalized spacial score (nSPS) is 17.9. The van der Waals surface area contributed by atoms with Crippen LogP contribution in [0.15, 0.2) is 58.4 Å². The van der Waals surface area contributed by atoms with Gasteiger partial charge in [-0.15, -0.1) is 0 Å². The number of amides is 1. The van der Waals surface area contributed by atoms with Gasteiger partial charge in [0.25, 0.3) is 5.91 Å². The third kappa shape index (κ3) is 5.75. The predicted octanol–water partition coefficient (Wildman–Crippen LogP) is 5.68. The Morgan fingerprint density at radius 3 is 2.53 bits per heavy atom. The van der Waals surface area contributed by atoms with Gasteiger partial charge in [-0.1, -0.05) is 37.6 Å². The maximum atomic E-state index is 13.0. The molecular formula is C25H26F3N3O2S. The lowest BCUT2D eigenvalue weighted by Gasteiger charge is -2.36. The summed E-state index contributed by atoms with van der Waals surface area (Å²) < 4.78 is 45.0. The molecule has 1 amide bonds. The Morgan fingerprint density at radius 2 is 1.79 bits per heavy atom. The van der Waals surface area contributed by atoms with Crippen LogP contribution in [0.25, 0.3) is 6.08 Å². The third-order valence-electron chi connectivity index (χ3n) is 5.66. The summed E-state index contributed by atoms with van der Waals surface area (Å²) in [5.74, 6) is 0.448. The van der Waals surface area contributed by atoms with Crippen molar-refractivity contribution in [2.75, 3.05) is 37.7 Å². The highest BCUT2D eigenvalue weighted by atomic mass is 32.2. The topological polar surface area (TPSA) is 45.1 Å². The quantitative estimate of drug-likeness (QED) is 0.386. The molecule has 2 aromatic rings. The standard InChI is InChI=1S/C25H26F3N3O2S/c1-2-3-15-33-21-10-5-4-7-18(21)16-22-23(32)29-24(34-22)31-13-11-30(12-14-31)20-9-6-8-19(17-20)25(26,27)28/h4-10,16-17H,2-3,11-15H2,1H3/b22-16+. The van der Waals surface area contributed by atoms with Crippen molar-refractivity contribution < 1.29 is 22.7 Å². The minimum absolute atomic E-state index is 0.288. The Bertz CT molecular complexity index is 1090. The van der Waals surface area contributed by atoms with Gasteiger partial charge in [0.1, 0.15) is 5.75 Å². The highest BCUT2D eigenvalue weighted by Gasteiger charge is 2.32. The number of hydrogen-bond donors (Lipinski definition) is 0. The van der Waals surface area contributed by atoms with Crippen LogP contribution in [0.5, 0.6) is 5.75 Å². The number of ether oxygens (including phenoxy) is 1. The molecule has 0 radical (unpaired) electrons. The third-order valence-corrected chi connectivity index (χ3v) is 6.70. The summed E-state index contributed by atoms with van der Waals surface area (Å²) in [6, 6.07) is 13.0. The Morgan fingerprint density at radius 1 is 1.06 bits per heavy atom. The number of alkyl halides is 3. The molecule has 2 heterocycles. The SMILES string of the molecule is CCCCOc1ccccc1/C=C1/SC(N2CCN(c3cccc(C(F)(F)F)c3)CC2)=NC1=O. The number of aliphatic imine (C=N–C) groups is 1. The molecule has 180 valence electrons. The monoisotopic (exact) mass is 489 g/mol. The van der Waals surface area contributed by atoms with Gasteiger partial charge in [-0.25, -0.2) is 0 Å².